The Labute approximate surface area is 71.0 Å². The molecule has 1 aromatic rings. The average molecular weight is 164 g/mol. The Kier molecular flexibility index (Phi) is 2.33. The largest absolute Gasteiger partial charge is 0.545 e. The molecule has 0 saturated carbocycles. The molecule has 3 heteroatoms. The van der Waals surface area contributed by atoms with E-state index >= 15 is 0 Å². The molecule has 0 aliphatic rings. The van der Waals surface area contributed by atoms with Gasteiger partial charge in [-0.05, 0) is 12.5 Å². The topological polar surface area (TPSA) is 52.2 Å². The van der Waals surface area contributed by atoms with E-state index in [9.17, 15) is 9.90 Å². The molecule has 0 heterocycles. The lowest BCUT2D eigenvalue weighted by Crippen LogP contribution is -2.23. The number of carboxylic acid groups (broad SMARTS) is 1. The molecule has 0 fully saturated rings. The SMILES string of the molecule is CNc1c(C)cccc1C(=O)[O-]. The minimum Gasteiger partial charge on any atom is -0.545 e. The first-order valence-electron chi connectivity index (χ1n) is 3.65. The van der Waals surface area contributed by atoms with Crippen molar-refractivity contribution >= 4 is 11.7 Å². The molecule has 0 amide bonds. The van der Waals surface area contributed by atoms with E-state index in [0.29, 0.717) is 5.69 Å². The zero-order valence-electron chi connectivity index (χ0n) is 7.05. The van der Waals surface area contributed by atoms with Gasteiger partial charge in [-0.15, -0.1) is 0 Å². The van der Waals surface area contributed by atoms with Crippen molar-refractivity contribution in [1.82, 2.24) is 0 Å². The normalized spacial score (nSPS) is 9.50. The van der Waals surface area contributed by atoms with E-state index in [4.69, 9.17) is 0 Å². The summed E-state index contributed by atoms with van der Waals surface area (Å²) < 4.78 is 0. The van der Waals surface area contributed by atoms with Gasteiger partial charge in [0.1, 0.15) is 0 Å². The van der Waals surface area contributed by atoms with Crippen molar-refractivity contribution in [2.45, 2.75) is 6.92 Å². The molecule has 64 valence electrons. The highest BCUT2D eigenvalue weighted by Gasteiger charge is 2.02. The van der Waals surface area contributed by atoms with Crippen molar-refractivity contribution < 1.29 is 9.90 Å². The number of aromatic carboxylic acids is 1. The number of hydrogen-bond donors (Lipinski definition) is 1. The van der Waals surface area contributed by atoms with Crippen molar-refractivity contribution in [1.29, 1.82) is 0 Å². The van der Waals surface area contributed by atoms with Crippen LogP contribution >= 0.6 is 0 Å². The third-order valence-electron chi connectivity index (χ3n) is 1.74. The molecule has 0 unspecified atom stereocenters. The van der Waals surface area contributed by atoms with Crippen LogP contribution in [0.1, 0.15) is 15.9 Å². The van der Waals surface area contributed by atoms with Gasteiger partial charge in [0.25, 0.3) is 0 Å². The molecule has 12 heavy (non-hydrogen) atoms. The Bertz CT molecular complexity index is 307. The van der Waals surface area contributed by atoms with Gasteiger partial charge in [0.05, 0.1) is 5.97 Å². The number of nitrogens with one attached hydrogen (secondary N) is 1. The average Bonchev–Trinajstić information content (AvgIpc) is 2.03. The number of carboxylic acids is 1. The van der Waals surface area contributed by atoms with E-state index in [2.05, 4.69) is 5.32 Å². The van der Waals surface area contributed by atoms with Crippen molar-refractivity contribution in [3.8, 4) is 0 Å². The Morgan fingerprint density at radius 1 is 1.50 bits per heavy atom. The summed E-state index contributed by atoms with van der Waals surface area (Å²) in [6.45, 7) is 1.85. The number of para-hydroxylation sites is 1. The maximum Gasteiger partial charge on any atom is 0.0736 e. The monoisotopic (exact) mass is 164 g/mol. The quantitative estimate of drug-likeness (QED) is 0.688. The van der Waals surface area contributed by atoms with Gasteiger partial charge < -0.3 is 15.2 Å². The predicted molar refractivity (Wildman–Crippen MR) is 45.1 cm³/mol. The number of rotatable bonds is 2. The molecule has 0 spiro atoms. The van der Waals surface area contributed by atoms with Gasteiger partial charge in [-0.3, -0.25) is 0 Å². The molecular formula is C9H10NO2-. The summed E-state index contributed by atoms with van der Waals surface area (Å²) in [7, 11) is 1.69. The minimum atomic E-state index is -1.15. The fraction of sp³-hybridized carbons (Fsp3) is 0.222. The van der Waals surface area contributed by atoms with Gasteiger partial charge in [-0.1, -0.05) is 18.2 Å². The molecule has 0 bridgehead atoms. The van der Waals surface area contributed by atoms with E-state index in [1.165, 1.54) is 6.07 Å². The van der Waals surface area contributed by atoms with Crippen LogP contribution in [0.5, 0.6) is 0 Å². The van der Waals surface area contributed by atoms with Crippen molar-refractivity contribution in [2.24, 2.45) is 0 Å². The predicted octanol–water partition coefficient (Wildman–Crippen LogP) is 0.400. The van der Waals surface area contributed by atoms with Crippen molar-refractivity contribution in [3.05, 3.63) is 29.3 Å². The summed E-state index contributed by atoms with van der Waals surface area (Å²) in [5.41, 5.74) is 1.73. The van der Waals surface area contributed by atoms with Gasteiger partial charge in [0.15, 0.2) is 0 Å². The number of carbonyl (C=O) groups excluding carboxylic acids is 1. The van der Waals surface area contributed by atoms with Gasteiger partial charge in [-0.25, -0.2) is 0 Å². The first-order valence-corrected chi connectivity index (χ1v) is 3.65. The molecule has 1 rings (SSSR count). The maximum absolute atomic E-state index is 10.6. The van der Waals surface area contributed by atoms with E-state index in [1.54, 1.807) is 13.1 Å². The molecule has 0 radical (unpaired) electrons. The highest BCUT2D eigenvalue weighted by molar-refractivity contribution is 5.93. The standard InChI is InChI=1S/C9H11NO2/c1-6-4-3-5-7(9(11)12)8(6)10-2/h3-5,10H,1-2H3,(H,11,12)/p-1. The molecule has 3 nitrogen and oxygen atoms in total. The molecule has 0 aliphatic heterocycles. The van der Waals surface area contributed by atoms with Crippen LogP contribution in [-0.4, -0.2) is 13.0 Å². The molecule has 0 aliphatic carbocycles. The molecule has 0 atom stereocenters. The van der Waals surface area contributed by atoms with Crippen LogP contribution in [-0.2, 0) is 0 Å². The number of benzene rings is 1. The van der Waals surface area contributed by atoms with Crippen LogP contribution < -0.4 is 10.4 Å². The van der Waals surface area contributed by atoms with Crippen LogP contribution in [0.15, 0.2) is 18.2 Å². The maximum atomic E-state index is 10.6. The number of hydrogen-bond acceptors (Lipinski definition) is 3. The summed E-state index contributed by atoms with van der Waals surface area (Å²) in [5.74, 6) is -1.15. The van der Waals surface area contributed by atoms with Crippen LogP contribution in [0.3, 0.4) is 0 Å². The van der Waals surface area contributed by atoms with E-state index in [-0.39, 0.29) is 5.56 Å². The Morgan fingerprint density at radius 2 is 2.17 bits per heavy atom. The highest BCUT2D eigenvalue weighted by Crippen LogP contribution is 2.18. The van der Waals surface area contributed by atoms with Gasteiger partial charge in [-0.2, -0.15) is 0 Å². The smallest absolute Gasteiger partial charge is 0.0736 e. The number of carbonyl (C=O) groups is 1. The third kappa shape index (κ3) is 1.39. The van der Waals surface area contributed by atoms with E-state index in [0.717, 1.165) is 5.56 Å². The summed E-state index contributed by atoms with van der Waals surface area (Å²) in [5, 5.41) is 13.4. The minimum absolute atomic E-state index is 0.206. The van der Waals surface area contributed by atoms with Gasteiger partial charge in [0, 0.05) is 18.3 Å². The second-order valence-corrected chi connectivity index (χ2v) is 2.53. The second-order valence-electron chi connectivity index (χ2n) is 2.53. The van der Waals surface area contributed by atoms with Crippen LogP contribution in [0.25, 0.3) is 0 Å². The lowest BCUT2D eigenvalue weighted by molar-refractivity contribution is -0.254. The molecular weight excluding hydrogens is 154 g/mol. The van der Waals surface area contributed by atoms with E-state index in [1.807, 2.05) is 13.0 Å². The Morgan fingerprint density at radius 3 is 2.58 bits per heavy atom. The van der Waals surface area contributed by atoms with Crippen molar-refractivity contribution in [3.63, 3.8) is 0 Å². The Balaban J connectivity index is 3.27. The molecule has 1 N–H and O–H groups in total. The molecule has 0 saturated heterocycles. The zero-order chi connectivity index (χ0) is 9.14. The summed E-state index contributed by atoms with van der Waals surface area (Å²) in [4.78, 5) is 10.6. The summed E-state index contributed by atoms with van der Waals surface area (Å²) in [6.07, 6.45) is 0. The second kappa shape index (κ2) is 3.26. The number of anilines is 1. The zero-order valence-corrected chi connectivity index (χ0v) is 7.05. The van der Waals surface area contributed by atoms with Gasteiger partial charge in [0.2, 0.25) is 0 Å². The first-order chi connectivity index (χ1) is 5.66. The summed E-state index contributed by atoms with van der Waals surface area (Å²) >= 11 is 0. The third-order valence-corrected chi connectivity index (χ3v) is 1.74. The fourth-order valence-electron chi connectivity index (χ4n) is 1.17. The number of aryl methyl sites for hydroxylation is 1. The molecule has 0 aromatic heterocycles. The lowest BCUT2D eigenvalue weighted by Gasteiger charge is -2.11. The fourth-order valence-corrected chi connectivity index (χ4v) is 1.17. The van der Waals surface area contributed by atoms with Gasteiger partial charge >= 0.3 is 0 Å². The molecule has 1 aromatic carbocycles. The van der Waals surface area contributed by atoms with Crippen LogP contribution in [0.4, 0.5) is 5.69 Å². The highest BCUT2D eigenvalue weighted by atomic mass is 16.4. The summed E-state index contributed by atoms with van der Waals surface area (Å²) in [6, 6.07) is 5.06. The first kappa shape index (κ1) is 8.59. The van der Waals surface area contributed by atoms with Crippen LogP contribution in [0.2, 0.25) is 0 Å². The van der Waals surface area contributed by atoms with Crippen LogP contribution in [0, 0.1) is 6.92 Å². The lowest BCUT2D eigenvalue weighted by atomic mass is 10.1. The van der Waals surface area contributed by atoms with Crippen molar-refractivity contribution in [2.75, 3.05) is 12.4 Å². The Hall–Kier alpha value is -1.51. The van der Waals surface area contributed by atoms with E-state index < -0.39 is 5.97 Å².